The Balaban J connectivity index is 0.00000169. The number of rotatable bonds is 3. The lowest BCUT2D eigenvalue weighted by Gasteiger charge is -2.27. The van der Waals surface area contributed by atoms with Gasteiger partial charge in [-0.1, -0.05) is 5.16 Å². The standard InChI is InChI=1S/C16H20FN5O.ClH/c17-12-8-13(18-10-12)16-20-15(21-23-16)11-4-5-14(19-9-11)22-6-2-1-3-7-22;/h4-5,9,12-13,18H,1-3,6-8,10H2;1H/t12-,13+;/m0./s1. The molecule has 0 amide bonds. The minimum Gasteiger partial charge on any atom is -0.357 e. The third-order valence-corrected chi connectivity index (χ3v) is 4.50. The van der Waals surface area contributed by atoms with Crippen LogP contribution in [0, 0.1) is 0 Å². The van der Waals surface area contributed by atoms with E-state index in [-0.39, 0.29) is 18.4 Å². The Labute approximate surface area is 146 Å². The number of hydrogen-bond acceptors (Lipinski definition) is 6. The number of aromatic nitrogens is 3. The normalized spacial score (nSPS) is 24.0. The fourth-order valence-electron chi connectivity index (χ4n) is 3.20. The Morgan fingerprint density at radius 2 is 2.04 bits per heavy atom. The number of nitrogens with zero attached hydrogens (tertiary/aromatic N) is 4. The Bertz CT molecular complexity index is 659. The average molecular weight is 354 g/mol. The van der Waals surface area contributed by atoms with E-state index in [0.717, 1.165) is 24.5 Å². The van der Waals surface area contributed by atoms with Crippen LogP contribution in [0.25, 0.3) is 11.4 Å². The summed E-state index contributed by atoms with van der Waals surface area (Å²) in [6, 6.07) is 3.78. The number of halogens is 2. The summed E-state index contributed by atoms with van der Waals surface area (Å²) in [6.07, 6.45) is 5.06. The van der Waals surface area contributed by atoms with Gasteiger partial charge in [-0.3, -0.25) is 0 Å². The van der Waals surface area contributed by atoms with E-state index in [1.165, 1.54) is 19.3 Å². The summed E-state index contributed by atoms with van der Waals surface area (Å²) in [5, 5.41) is 7.04. The van der Waals surface area contributed by atoms with Crippen molar-refractivity contribution in [1.29, 1.82) is 0 Å². The van der Waals surface area contributed by atoms with Gasteiger partial charge in [0.1, 0.15) is 12.0 Å². The molecule has 0 aliphatic carbocycles. The number of hydrogen-bond donors (Lipinski definition) is 1. The number of nitrogens with one attached hydrogen (secondary N) is 1. The number of alkyl halides is 1. The Morgan fingerprint density at radius 1 is 1.21 bits per heavy atom. The van der Waals surface area contributed by atoms with Crippen molar-refractivity contribution in [2.45, 2.75) is 37.9 Å². The van der Waals surface area contributed by atoms with Crippen molar-refractivity contribution in [1.82, 2.24) is 20.4 Å². The minimum absolute atomic E-state index is 0. The molecule has 2 aliphatic rings. The van der Waals surface area contributed by atoms with E-state index in [4.69, 9.17) is 4.52 Å². The third kappa shape index (κ3) is 3.52. The predicted molar refractivity (Wildman–Crippen MR) is 91.1 cm³/mol. The highest BCUT2D eigenvalue weighted by Gasteiger charge is 2.29. The van der Waals surface area contributed by atoms with Crippen LogP contribution in [0.5, 0.6) is 0 Å². The van der Waals surface area contributed by atoms with Crippen molar-refractivity contribution in [3.8, 4) is 11.4 Å². The van der Waals surface area contributed by atoms with Gasteiger partial charge in [-0.15, -0.1) is 12.4 Å². The molecule has 2 aromatic rings. The molecule has 2 saturated heterocycles. The zero-order valence-corrected chi connectivity index (χ0v) is 14.1. The zero-order chi connectivity index (χ0) is 15.6. The zero-order valence-electron chi connectivity index (χ0n) is 13.3. The first-order valence-corrected chi connectivity index (χ1v) is 8.22. The lowest BCUT2D eigenvalue weighted by Crippen LogP contribution is -2.29. The maximum absolute atomic E-state index is 13.2. The van der Waals surface area contributed by atoms with Gasteiger partial charge in [0, 0.05) is 37.8 Å². The van der Waals surface area contributed by atoms with E-state index in [1.807, 2.05) is 12.1 Å². The van der Waals surface area contributed by atoms with Gasteiger partial charge >= 0.3 is 0 Å². The van der Waals surface area contributed by atoms with E-state index in [9.17, 15) is 4.39 Å². The van der Waals surface area contributed by atoms with E-state index in [1.54, 1.807) is 6.20 Å². The van der Waals surface area contributed by atoms with E-state index >= 15 is 0 Å². The van der Waals surface area contributed by atoms with Crippen LogP contribution in [0.3, 0.4) is 0 Å². The van der Waals surface area contributed by atoms with Gasteiger partial charge in [-0.25, -0.2) is 9.37 Å². The summed E-state index contributed by atoms with van der Waals surface area (Å²) >= 11 is 0. The lowest BCUT2D eigenvalue weighted by atomic mass is 10.1. The SMILES string of the molecule is Cl.F[C@@H]1CN[C@@H](c2nc(-c3ccc(N4CCCCC4)nc3)no2)C1. The van der Waals surface area contributed by atoms with E-state index in [0.29, 0.717) is 24.7 Å². The molecule has 0 radical (unpaired) electrons. The maximum atomic E-state index is 13.2. The molecule has 0 unspecified atom stereocenters. The molecule has 2 atom stereocenters. The van der Waals surface area contributed by atoms with Crippen molar-refractivity contribution < 1.29 is 8.91 Å². The second-order valence-corrected chi connectivity index (χ2v) is 6.20. The summed E-state index contributed by atoms with van der Waals surface area (Å²) in [5.41, 5.74) is 0.815. The molecule has 0 bridgehead atoms. The van der Waals surface area contributed by atoms with Gasteiger partial charge in [0.05, 0.1) is 6.04 Å². The maximum Gasteiger partial charge on any atom is 0.244 e. The Morgan fingerprint density at radius 3 is 2.71 bits per heavy atom. The van der Waals surface area contributed by atoms with Crippen molar-refractivity contribution >= 4 is 18.2 Å². The van der Waals surface area contributed by atoms with Gasteiger partial charge in [0.15, 0.2) is 0 Å². The van der Waals surface area contributed by atoms with Gasteiger partial charge in [0.2, 0.25) is 11.7 Å². The van der Waals surface area contributed by atoms with Crippen LogP contribution in [0.4, 0.5) is 10.2 Å². The smallest absolute Gasteiger partial charge is 0.244 e. The summed E-state index contributed by atoms with van der Waals surface area (Å²) in [7, 11) is 0. The Hall–Kier alpha value is -1.73. The lowest BCUT2D eigenvalue weighted by molar-refractivity contribution is 0.324. The predicted octanol–water partition coefficient (Wildman–Crippen LogP) is 2.92. The molecule has 2 aliphatic heterocycles. The van der Waals surface area contributed by atoms with Crippen LogP contribution in [0.1, 0.15) is 37.6 Å². The van der Waals surface area contributed by atoms with Crippen LogP contribution in [0.15, 0.2) is 22.9 Å². The van der Waals surface area contributed by atoms with Gasteiger partial charge in [0.25, 0.3) is 0 Å². The second-order valence-electron chi connectivity index (χ2n) is 6.20. The molecule has 0 spiro atoms. The molecular formula is C16H21ClFN5O. The van der Waals surface area contributed by atoms with E-state index < -0.39 is 6.17 Å². The summed E-state index contributed by atoms with van der Waals surface area (Å²) in [6.45, 7) is 2.47. The average Bonchev–Trinajstić information content (AvgIpc) is 3.25. The second kappa shape index (κ2) is 7.44. The van der Waals surface area contributed by atoms with Crippen molar-refractivity contribution in [3.05, 3.63) is 24.2 Å². The Kier molecular flexibility index (Phi) is 5.30. The number of pyridine rings is 1. The molecule has 4 heterocycles. The molecule has 0 saturated carbocycles. The minimum atomic E-state index is -0.846. The fourth-order valence-corrected chi connectivity index (χ4v) is 3.20. The molecular weight excluding hydrogens is 333 g/mol. The summed E-state index contributed by atoms with van der Waals surface area (Å²) in [5.74, 6) is 1.94. The van der Waals surface area contributed by atoms with Crippen LogP contribution in [-0.2, 0) is 0 Å². The molecule has 24 heavy (non-hydrogen) atoms. The quantitative estimate of drug-likeness (QED) is 0.915. The van der Waals surface area contributed by atoms with Crippen molar-refractivity contribution in [2.24, 2.45) is 0 Å². The summed E-state index contributed by atoms with van der Waals surface area (Å²) in [4.78, 5) is 11.2. The van der Waals surface area contributed by atoms with Gasteiger partial charge in [-0.2, -0.15) is 4.98 Å². The molecule has 6 nitrogen and oxygen atoms in total. The highest BCUT2D eigenvalue weighted by atomic mass is 35.5. The number of anilines is 1. The first kappa shape index (κ1) is 17.1. The van der Waals surface area contributed by atoms with Gasteiger partial charge in [-0.05, 0) is 31.4 Å². The monoisotopic (exact) mass is 353 g/mol. The number of piperidine rings is 1. The van der Waals surface area contributed by atoms with Crippen molar-refractivity contribution in [3.63, 3.8) is 0 Å². The highest BCUT2D eigenvalue weighted by molar-refractivity contribution is 5.85. The van der Waals surface area contributed by atoms with Crippen LogP contribution < -0.4 is 10.2 Å². The first-order valence-electron chi connectivity index (χ1n) is 8.22. The van der Waals surface area contributed by atoms with Crippen molar-refractivity contribution in [2.75, 3.05) is 24.5 Å². The molecule has 1 N–H and O–H groups in total. The van der Waals surface area contributed by atoms with Crippen LogP contribution in [0.2, 0.25) is 0 Å². The molecule has 0 aromatic carbocycles. The van der Waals surface area contributed by atoms with Gasteiger partial charge < -0.3 is 14.7 Å². The summed E-state index contributed by atoms with van der Waals surface area (Å²) < 4.78 is 18.5. The molecule has 2 fully saturated rings. The van der Waals surface area contributed by atoms with Crippen LogP contribution >= 0.6 is 12.4 Å². The molecule has 4 rings (SSSR count). The first-order chi connectivity index (χ1) is 11.3. The molecule has 8 heteroatoms. The largest absolute Gasteiger partial charge is 0.357 e. The molecule has 2 aromatic heterocycles. The molecule has 130 valence electrons. The van der Waals surface area contributed by atoms with Crippen LogP contribution in [-0.4, -0.2) is 40.9 Å². The topological polar surface area (TPSA) is 67.1 Å². The van der Waals surface area contributed by atoms with E-state index in [2.05, 4.69) is 25.3 Å². The third-order valence-electron chi connectivity index (χ3n) is 4.50. The highest BCUT2D eigenvalue weighted by Crippen LogP contribution is 2.26. The fraction of sp³-hybridized carbons (Fsp3) is 0.562.